The smallest absolute Gasteiger partial charge is 0.269 e. The van der Waals surface area contributed by atoms with E-state index in [9.17, 15) is 14.9 Å². The Morgan fingerprint density at radius 1 is 1.33 bits per heavy atom. The number of ether oxygens (including phenoxy) is 2. The molecule has 0 heterocycles. The van der Waals surface area contributed by atoms with Gasteiger partial charge < -0.3 is 14.4 Å². The molecule has 0 aliphatic carbocycles. The summed E-state index contributed by atoms with van der Waals surface area (Å²) in [5, 5.41) is 11.0. The lowest BCUT2D eigenvalue weighted by atomic mass is 10.1. The number of rotatable bonds is 7. The van der Waals surface area contributed by atoms with Crippen molar-refractivity contribution in [2.45, 2.75) is 19.9 Å². The van der Waals surface area contributed by atoms with Gasteiger partial charge in [-0.05, 0) is 47.5 Å². The van der Waals surface area contributed by atoms with Gasteiger partial charge in [-0.3, -0.25) is 14.9 Å². The zero-order valence-corrected chi connectivity index (χ0v) is 17.1. The van der Waals surface area contributed by atoms with Gasteiger partial charge >= 0.3 is 0 Å². The van der Waals surface area contributed by atoms with E-state index in [2.05, 4.69) is 15.9 Å². The van der Waals surface area contributed by atoms with Crippen molar-refractivity contribution in [2.75, 3.05) is 20.8 Å². The number of nitrogens with zero attached hydrogens (tertiary/aromatic N) is 2. The third kappa shape index (κ3) is 4.57. The fraction of sp³-hybridized carbons (Fsp3) is 0.316. The first-order chi connectivity index (χ1) is 12.8. The molecule has 0 aromatic heterocycles. The van der Waals surface area contributed by atoms with Crippen LogP contribution in [0.15, 0.2) is 40.9 Å². The fourth-order valence-corrected chi connectivity index (χ4v) is 3.19. The summed E-state index contributed by atoms with van der Waals surface area (Å²) in [5.74, 6) is 0.743. The highest BCUT2D eigenvalue weighted by Gasteiger charge is 2.23. The van der Waals surface area contributed by atoms with Crippen molar-refractivity contribution >= 4 is 27.5 Å². The number of nitro groups is 1. The molecule has 2 rings (SSSR count). The molecule has 0 fully saturated rings. The molecule has 0 N–H and O–H groups in total. The monoisotopic (exact) mass is 436 g/mol. The Bertz CT molecular complexity index is 856. The minimum Gasteiger partial charge on any atom is -0.493 e. The number of non-ortho nitro benzene ring substituents is 1. The summed E-state index contributed by atoms with van der Waals surface area (Å²) in [5.41, 5.74) is 1.09. The summed E-state index contributed by atoms with van der Waals surface area (Å²) in [6.45, 7) is 4.14. The van der Waals surface area contributed by atoms with E-state index >= 15 is 0 Å². The average molecular weight is 437 g/mol. The van der Waals surface area contributed by atoms with Gasteiger partial charge in [0.1, 0.15) is 0 Å². The molecular weight excluding hydrogens is 416 g/mol. The number of nitro benzene ring substituents is 1. The van der Waals surface area contributed by atoms with Gasteiger partial charge in [0, 0.05) is 24.7 Å². The molecule has 1 atom stereocenters. The molecule has 0 aliphatic rings. The predicted octanol–water partition coefficient (Wildman–Crippen LogP) is 4.60. The number of carbonyl (C=O) groups excluding carboxylic acids is 1. The van der Waals surface area contributed by atoms with Gasteiger partial charge in [-0.2, -0.15) is 0 Å². The number of amides is 1. The molecule has 27 heavy (non-hydrogen) atoms. The Morgan fingerprint density at radius 3 is 2.63 bits per heavy atom. The topological polar surface area (TPSA) is 81.9 Å². The van der Waals surface area contributed by atoms with E-state index in [0.717, 1.165) is 0 Å². The Hall–Kier alpha value is -2.61. The van der Waals surface area contributed by atoms with Crippen molar-refractivity contribution in [3.63, 3.8) is 0 Å². The molecule has 2 aromatic rings. The van der Waals surface area contributed by atoms with Crippen LogP contribution in [0.4, 0.5) is 5.69 Å². The maximum absolute atomic E-state index is 12.9. The minimum atomic E-state index is -0.452. The highest BCUT2D eigenvalue weighted by Crippen LogP contribution is 2.37. The van der Waals surface area contributed by atoms with Crippen LogP contribution >= 0.6 is 15.9 Å². The van der Waals surface area contributed by atoms with Crippen molar-refractivity contribution in [1.82, 2.24) is 4.90 Å². The molecular formula is C19H21BrN2O5. The molecule has 144 valence electrons. The lowest BCUT2D eigenvalue weighted by Crippen LogP contribution is -2.29. The summed E-state index contributed by atoms with van der Waals surface area (Å²) in [6.07, 6.45) is 0. The molecule has 0 spiro atoms. The van der Waals surface area contributed by atoms with E-state index in [-0.39, 0.29) is 17.6 Å². The Kier molecular flexibility index (Phi) is 6.79. The number of halogens is 1. The molecule has 1 amide bonds. The molecule has 7 nitrogen and oxygen atoms in total. The largest absolute Gasteiger partial charge is 0.493 e. The lowest BCUT2D eigenvalue weighted by Gasteiger charge is -2.26. The molecule has 2 aromatic carbocycles. The molecule has 0 saturated carbocycles. The van der Waals surface area contributed by atoms with Gasteiger partial charge in [0.15, 0.2) is 11.5 Å². The third-order valence-corrected chi connectivity index (χ3v) is 4.82. The molecule has 0 saturated heterocycles. The maximum atomic E-state index is 12.9. The van der Waals surface area contributed by atoms with Crippen LogP contribution in [0.1, 0.15) is 35.8 Å². The number of carbonyl (C=O) groups is 1. The molecule has 8 heteroatoms. The number of hydrogen-bond acceptors (Lipinski definition) is 5. The van der Waals surface area contributed by atoms with Crippen LogP contribution in [0.3, 0.4) is 0 Å². The number of benzene rings is 2. The van der Waals surface area contributed by atoms with E-state index in [4.69, 9.17) is 9.47 Å². The fourth-order valence-electron chi connectivity index (χ4n) is 2.63. The van der Waals surface area contributed by atoms with Crippen LogP contribution < -0.4 is 9.47 Å². The van der Waals surface area contributed by atoms with Gasteiger partial charge in [-0.1, -0.05) is 12.1 Å². The first-order valence-corrected chi connectivity index (χ1v) is 9.11. The van der Waals surface area contributed by atoms with Crippen LogP contribution in [0.2, 0.25) is 0 Å². The number of hydrogen-bond donors (Lipinski definition) is 0. The van der Waals surface area contributed by atoms with Crippen LogP contribution in [0.25, 0.3) is 0 Å². The summed E-state index contributed by atoms with van der Waals surface area (Å²) in [4.78, 5) is 25.0. The third-order valence-electron chi connectivity index (χ3n) is 4.23. The Morgan fingerprint density at radius 2 is 2.04 bits per heavy atom. The van der Waals surface area contributed by atoms with E-state index < -0.39 is 4.92 Å². The van der Waals surface area contributed by atoms with Crippen LogP contribution in [0.5, 0.6) is 11.5 Å². The molecule has 0 bridgehead atoms. The SMILES string of the molecule is CCOc1c(Br)cc(C(=O)N(C)C(C)c2cccc([N+](=O)[O-])c2)cc1OC. The maximum Gasteiger partial charge on any atom is 0.269 e. The summed E-state index contributed by atoms with van der Waals surface area (Å²) < 4.78 is 11.5. The Labute approximate surface area is 166 Å². The summed E-state index contributed by atoms with van der Waals surface area (Å²) in [6, 6.07) is 9.21. The minimum absolute atomic E-state index is 0.00863. The lowest BCUT2D eigenvalue weighted by molar-refractivity contribution is -0.384. The van der Waals surface area contributed by atoms with Crippen molar-refractivity contribution < 1.29 is 19.2 Å². The van der Waals surface area contributed by atoms with Crippen LogP contribution in [0, 0.1) is 10.1 Å². The van der Waals surface area contributed by atoms with E-state index in [1.165, 1.54) is 24.1 Å². The summed E-state index contributed by atoms with van der Waals surface area (Å²) >= 11 is 3.41. The zero-order valence-electron chi connectivity index (χ0n) is 15.6. The normalized spacial score (nSPS) is 11.6. The molecule has 0 radical (unpaired) electrons. The van der Waals surface area contributed by atoms with Gasteiger partial charge in [0.2, 0.25) is 0 Å². The quantitative estimate of drug-likeness (QED) is 0.467. The first kappa shape index (κ1) is 20.7. The van der Waals surface area contributed by atoms with Crippen molar-refractivity contribution in [3.05, 3.63) is 62.1 Å². The van der Waals surface area contributed by atoms with Crippen molar-refractivity contribution in [2.24, 2.45) is 0 Å². The zero-order chi connectivity index (χ0) is 20.1. The van der Waals surface area contributed by atoms with Crippen LogP contribution in [-0.2, 0) is 0 Å². The first-order valence-electron chi connectivity index (χ1n) is 8.32. The highest BCUT2D eigenvalue weighted by atomic mass is 79.9. The van der Waals surface area contributed by atoms with Gasteiger partial charge in [-0.25, -0.2) is 0 Å². The van der Waals surface area contributed by atoms with Gasteiger partial charge in [0.05, 0.1) is 29.2 Å². The summed E-state index contributed by atoms with van der Waals surface area (Å²) in [7, 11) is 3.16. The van der Waals surface area contributed by atoms with Crippen molar-refractivity contribution in [3.8, 4) is 11.5 Å². The standard InChI is InChI=1S/C19H21BrN2O5/c1-5-27-18-16(20)10-14(11-17(18)26-4)19(23)21(3)12(2)13-7-6-8-15(9-13)22(24)25/h6-12H,5H2,1-4H3. The second kappa shape index (κ2) is 8.85. The second-order valence-corrected chi connectivity index (χ2v) is 6.72. The van der Waals surface area contributed by atoms with Crippen LogP contribution in [-0.4, -0.2) is 36.5 Å². The van der Waals surface area contributed by atoms with E-state index in [1.807, 2.05) is 13.8 Å². The second-order valence-electron chi connectivity index (χ2n) is 5.87. The van der Waals surface area contributed by atoms with Gasteiger partial charge in [0.25, 0.3) is 11.6 Å². The molecule has 1 unspecified atom stereocenters. The number of methoxy groups -OCH3 is 1. The highest BCUT2D eigenvalue weighted by molar-refractivity contribution is 9.10. The van der Waals surface area contributed by atoms with Crippen molar-refractivity contribution in [1.29, 1.82) is 0 Å². The Balaban J connectivity index is 2.32. The van der Waals surface area contributed by atoms with Gasteiger partial charge in [-0.15, -0.1) is 0 Å². The van der Waals surface area contributed by atoms with E-state index in [1.54, 1.807) is 31.3 Å². The average Bonchev–Trinajstić information content (AvgIpc) is 2.67. The predicted molar refractivity (Wildman–Crippen MR) is 105 cm³/mol. The molecule has 0 aliphatic heterocycles. The van der Waals surface area contributed by atoms with E-state index in [0.29, 0.717) is 33.7 Å².